The van der Waals surface area contributed by atoms with Gasteiger partial charge >= 0.3 is 5.97 Å². The molecule has 0 fully saturated rings. The molecule has 2 aromatic heterocycles. The molecule has 0 spiro atoms. The lowest BCUT2D eigenvalue weighted by Gasteiger charge is -2.03. The zero-order valence-corrected chi connectivity index (χ0v) is 11.8. The van der Waals surface area contributed by atoms with E-state index in [1.165, 1.54) is 12.3 Å². The molecule has 106 valence electrons. The van der Waals surface area contributed by atoms with Crippen LogP contribution in [0.15, 0.2) is 33.8 Å². The maximum atomic E-state index is 13.5. The van der Waals surface area contributed by atoms with Crippen LogP contribution in [0.1, 0.15) is 10.4 Å². The van der Waals surface area contributed by atoms with E-state index in [-0.39, 0.29) is 26.9 Å². The highest BCUT2D eigenvalue weighted by Crippen LogP contribution is 2.20. The minimum Gasteiger partial charge on any atom is -0.478 e. The van der Waals surface area contributed by atoms with Gasteiger partial charge in [-0.15, -0.1) is 0 Å². The number of halogens is 2. The van der Waals surface area contributed by atoms with Gasteiger partial charge in [0, 0.05) is 12.3 Å². The Morgan fingerprint density at radius 1 is 1.43 bits per heavy atom. The van der Waals surface area contributed by atoms with Crippen LogP contribution in [0.5, 0.6) is 0 Å². The molecule has 0 aliphatic rings. The van der Waals surface area contributed by atoms with Gasteiger partial charge in [-0.2, -0.15) is 5.10 Å². The Morgan fingerprint density at radius 3 is 2.86 bits per heavy atom. The molecule has 0 saturated carbocycles. The van der Waals surface area contributed by atoms with Crippen molar-refractivity contribution in [2.24, 2.45) is 0 Å². The number of H-pyrrole nitrogens is 1. The summed E-state index contributed by atoms with van der Waals surface area (Å²) in [6, 6.07) is 2.44. The number of carbonyl (C=O) groups is 1. The van der Waals surface area contributed by atoms with Crippen molar-refractivity contribution in [3.8, 4) is 5.95 Å². The molecular weight excluding hydrogens is 347 g/mol. The molecule has 3 aromatic rings. The van der Waals surface area contributed by atoms with Crippen LogP contribution in [0.2, 0.25) is 0 Å². The van der Waals surface area contributed by atoms with Crippen LogP contribution < -0.4 is 5.56 Å². The Bertz CT molecular complexity index is 934. The molecule has 0 aliphatic carbocycles. The minimum absolute atomic E-state index is 0.00159. The Hall–Kier alpha value is -2.55. The summed E-state index contributed by atoms with van der Waals surface area (Å²) in [6.07, 6.45) is 2.32. The summed E-state index contributed by atoms with van der Waals surface area (Å²) in [5, 5.41) is 12.8. The SMILES string of the molecule is O=C(O)c1cnn(-c2nc3cc(F)c(Br)cc3c(=O)[nH]2)c1. The van der Waals surface area contributed by atoms with E-state index < -0.39 is 17.3 Å². The monoisotopic (exact) mass is 352 g/mol. The molecule has 0 saturated heterocycles. The highest BCUT2D eigenvalue weighted by Gasteiger charge is 2.12. The molecule has 7 nitrogen and oxygen atoms in total. The van der Waals surface area contributed by atoms with Crippen molar-refractivity contribution in [2.75, 3.05) is 0 Å². The molecule has 0 bridgehead atoms. The molecule has 3 rings (SSSR count). The summed E-state index contributed by atoms with van der Waals surface area (Å²) in [4.78, 5) is 29.3. The van der Waals surface area contributed by atoms with Gasteiger partial charge in [0.2, 0.25) is 5.95 Å². The number of nitrogens with zero attached hydrogens (tertiary/aromatic N) is 3. The third-order valence-electron chi connectivity index (χ3n) is 2.78. The van der Waals surface area contributed by atoms with Crippen molar-refractivity contribution in [3.63, 3.8) is 0 Å². The first-order valence-corrected chi connectivity index (χ1v) is 6.42. The smallest absolute Gasteiger partial charge is 0.338 e. The summed E-state index contributed by atoms with van der Waals surface area (Å²) >= 11 is 2.99. The zero-order chi connectivity index (χ0) is 15.1. The number of carboxylic acids is 1. The van der Waals surface area contributed by atoms with Crippen molar-refractivity contribution in [3.05, 3.63) is 50.7 Å². The number of aromatic carboxylic acids is 1. The number of fused-ring (bicyclic) bond motifs is 1. The van der Waals surface area contributed by atoms with Crippen LogP contribution in [-0.4, -0.2) is 30.8 Å². The number of hydrogen-bond donors (Lipinski definition) is 2. The molecule has 21 heavy (non-hydrogen) atoms. The second-order valence-electron chi connectivity index (χ2n) is 4.15. The van der Waals surface area contributed by atoms with Crippen molar-refractivity contribution in [1.82, 2.24) is 19.7 Å². The normalized spacial score (nSPS) is 11.0. The first-order chi connectivity index (χ1) is 9.95. The van der Waals surface area contributed by atoms with Crippen molar-refractivity contribution in [2.45, 2.75) is 0 Å². The molecule has 9 heteroatoms. The van der Waals surface area contributed by atoms with Gasteiger partial charge in [0.25, 0.3) is 5.56 Å². The lowest BCUT2D eigenvalue weighted by Crippen LogP contribution is -2.14. The summed E-state index contributed by atoms with van der Waals surface area (Å²) in [5.41, 5.74) is -0.398. The molecule has 2 N–H and O–H groups in total. The van der Waals surface area contributed by atoms with Crippen molar-refractivity contribution in [1.29, 1.82) is 0 Å². The van der Waals surface area contributed by atoms with Crippen LogP contribution in [0, 0.1) is 5.82 Å². The van der Waals surface area contributed by atoms with Gasteiger partial charge in [0.15, 0.2) is 0 Å². The average molecular weight is 353 g/mol. The molecule has 0 amide bonds. The number of nitrogens with one attached hydrogen (secondary N) is 1. The topological polar surface area (TPSA) is 101 Å². The second-order valence-corrected chi connectivity index (χ2v) is 5.01. The molecular formula is C12H6BrFN4O3. The molecule has 0 unspecified atom stereocenters. The third kappa shape index (κ3) is 2.31. The molecule has 0 atom stereocenters. The van der Waals surface area contributed by atoms with Crippen LogP contribution in [0.3, 0.4) is 0 Å². The highest BCUT2D eigenvalue weighted by molar-refractivity contribution is 9.10. The number of aromatic nitrogens is 4. The number of rotatable bonds is 2. The fraction of sp³-hybridized carbons (Fsp3) is 0. The summed E-state index contributed by atoms with van der Waals surface area (Å²) in [7, 11) is 0. The van der Waals surface area contributed by atoms with Crippen molar-refractivity contribution >= 4 is 32.8 Å². The summed E-state index contributed by atoms with van der Waals surface area (Å²) < 4.78 is 14.8. The van der Waals surface area contributed by atoms with Gasteiger partial charge in [-0.3, -0.25) is 9.78 Å². The Balaban J connectivity index is 2.22. The molecule has 0 radical (unpaired) electrons. The fourth-order valence-corrected chi connectivity index (χ4v) is 2.12. The number of carboxylic acid groups (broad SMARTS) is 1. The van der Waals surface area contributed by atoms with Gasteiger partial charge in [-0.05, 0) is 22.0 Å². The van der Waals surface area contributed by atoms with E-state index in [2.05, 4.69) is 31.0 Å². The Kier molecular flexibility index (Phi) is 3.05. The van der Waals surface area contributed by atoms with E-state index in [9.17, 15) is 14.0 Å². The lowest BCUT2D eigenvalue weighted by atomic mass is 10.2. The van der Waals surface area contributed by atoms with Crippen molar-refractivity contribution < 1.29 is 14.3 Å². The average Bonchev–Trinajstić information content (AvgIpc) is 2.91. The van der Waals surface area contributed by atoms with Crippen LogP contribution >= 0.6 is 15.9 Å². The maximum Gasteiger partial charge on any atom is 0.338 e. The van der Waals surface area contributed by atoms with Gasteiger partial charge in [0.05, 0.1) is 27.1 Å². The van der Waals surface area contributed by atoms with Gasteiger partial charge in [-0.1, -0.05) is 0 Å². The van der Waals surface area contributed by atoms with E-state index in [1.54, 1.807) is 0 Å². The third-order valence-corrected chi connectivity index (χ3v) is 3.39. The standard InChI is InChI=1S/C12H6BrFN4O3/c13-7-1-6-9(2-8(7)14)16-12(17-10(6)19)18-4-5(3-15-18)11(20)21/h1-4H,(H,20,21)(H,16,17,19). The molecule has 1 aromatic carbocycles. The van der Waals surface area contributed by atoms with E-state index in [0.29, 0.717) is 0 Å². The van der Waals surface area contributed by atoms with Crippen LogP contribution in [-0.2, 0) is 0 Å². The van der Waals surface area contributed by atoms with Crippen LogP contribution in [0.25, 0.3) is 16.9 Å². The summed E-state index contributed by atoms with van der Waals surface area (Å²) in [5.74, 6) is -1.71. The maximum absolute atomic E-state index is 13.5. The molecule has 2 heterocycles. The van der Waals surface area contributed by atoms with Gasteiger partial charge < -0.3 is 5.11 Å². The van der Waals surface area contributed by atoms with E-state index >= 15 is 0 Å². The largest absolute Gasteiger partial charge is 0.478 e. The number of hydrogen-bond acceptors (Lipinski definition) is 4. The first kappa shape index (κ1) is 13.4. The first-order valence-electron chi connectivity index (χ1n) is 5.63. The van der Waals surface area contributed by atoms with E-state index in [0.717, 1.165) is 16.9 Å². The number of benzene rings is 1. The minimum atomic E-state index is -1.15. The fourth-order valence-electron chi connectivity index (χ4n) is 1.78. The molecule has 0 aliphatic heterocycles. The Morgan fingerprint density at radius 2 is 2.19 bits per heavy atom. The van der Waals surface area contributed by atoms with E-state index in [1.807, 2.05) is 0 Å². The van der Waals surface area contributed by atoms with E-state index in [4.69, 9.17) is 5.11 Å². The van der Waals surface area contributed by atoms with Gasteiger partial charge in [-0.25, -0.2) is 18.9 Å². The van der Waals surface area contributed by atoms with Crippen LogP contribution in [0.4, 0.5) is 4.39 Å². The number of aromatic amines is 1. The lowest BCUT2D eigenvalue weighted by molar-refractivity contribution is 0.0697. The van der Waals surface area contributed by atoms with Gasteiger partial charge in [0.1, 0.15) is 5.82 Å². The second kappa shape index (κ2) is 4.77. The predicted molar refractivity (Wildman–Crippen MR) is 74.1 cm³/mol. The highest BCUT2D eigenvalue weighted by atomic mass is 79.9. The zero-order valence-electron chi connectivity index (χ0n) is 10.2. The quantitative estimate of drug-likeness (QED) is 0.731. The summed E-state index contributed by atoms with van der Waals surface area (Å²) in [6.45, 7) is 0. The predicted octanol–water partition coefficient (Wildman–Crippen LogP) is 1.71. The Labute approximate surface area is 124 Å².